The molecule has 2 heterocycles. The predicted octanol–water partition coefficient (Wildman–Crippen LogP) is 5.18. The van der Waals surface area contributed by atoms with Crippen molar-refractivity contribution in [2.45, 2.75) is 17.7 Å². The lowest BCUT2D eigenvalue weighted by molar-refractivity contribution is 0.617. The zero-order valence-corrected chi connectivity index (χ0v) is 15.4. The lowest BCUT2D eigenvalue weighted by Crippen LogP contribution is -1.97. The Morgan fingerprint density at radius 1 is 1.04 bits per heavy atom. The largest absolute Gasteiger partial charge is 0.207 e. The fourth-order valence-corrected chi connectivity index (χ4v) is 3.75. The lowest BCUT2D eigenvalue weighted by atomic mass is 10.1. The highest BCUT2D eigenvalue weighted by atomic mass is 35.5. The van der Waals surface area contributed by atoms with Crippen LogP contribution < -0.4 is 0 Å². The normalized spacial score (nSPS) is 11.2. The van der Waals surface area contributed by atoms with Crippen molar-refractivity contribution in [3.8, 4) is 11.4 Å². The topological polar surface area (TPSA) is 43.1 Å². The molecule has 0 spiro atoms. The Bertz CT molecular complexity index is 1060. The fraction of sp³-hybridized carbons (Fsp3) is 0.105. The molecule has 0 N–H and O–H groups in total. The molecule has 0 fully saturated rings. The van der Waals surface area contributed by atoms with Gasteiger partial charge in [-0.05, 0) is 31.2 Å². The molecule has 2 aromatic heterocycles. The number of thioether (sulfide) groups is 1. The molecule has 7 heteroatoms. The molecule has 0 aliphatic heterocycles. The van der Waals surface area contributed by atoms with Gasteiger partial charge in [-0.25, -0.2) is 4.39 Å². The fourth-order valence-electron chi connectivity index (χ4n) is 2.55. The van der Waals surface area contributed by atoms with Crippen molar-refractivity contribution in [3.05, 3.63) is 76.6 Å². The predicted molar refractivity (Wildman–Crippen MR) is 102 cm³/mol. The van der Waals surface area contributed by atoms with Crippen molar-refractivity contribution in [2.75, 3.05) is 0 Å². The van der Waals surface area contributed by atoms with Crippen molar-refractivity contribution in [3.63, 3.8) is 0 Å². The monoisotopic (exact) mass is 384 g/mol. The number of hydrogen-bond donors (Lipinski definition) is 0. The Morgan fingerprint density at radius 2 is 1.85 bits per heavy atom. The van der Waals surface area contributed by atoms with Gasteiger partial charge in [0.1, 0.15) is 10.8 Å². The molecule has 0 unspecified atom stereocenters. The van der Waals surface area contributed by atoms with Gasteiger partial charge < -0.3 is 0 Å². The van der Waals surface area contributed by atoms with E-state index in [-0.39, 0.29) is 5.82 Å². The summed E-state index contributed by atoms with van der Waals surface area (Å²) in [5.74, 6) is 0.758. The Balaban J connectivity index is 1.65. The summed E-state index contributed by atoms with van der Waals surface area (Å²) in [6, 6.07) is 16.4. The lowest BCUT2D eigenvalue weighted by Gasteiger charge is -2.06. The van der Waals surface area contributed by atoms with Crippen LogP contribution in [-0.4, -0.2) is 19.8 Å². The minimum absolute atomic E-state index is 0.310. The summed E-state index contributed by atoms with van der Waals surface area (Å²) >= 11 is 7.51. The third-order valence-electron chi connectivity index (χ3n) is 3.97. The first-order valence-electron chi connectivity index (χ1n) is 7.97. The number of aryl methyl sites for hydroxylation is 1. The molecule has 0 radical (unpaired) electrons. The van der Waals surface area contributed by atoms with Gasteiger partial charge in [0.25, 0.3) is 0 Å². The summed E-state index contributed by atoms with van der Waals surface area (Å²) in [4.78, 5) is 0. The first kappa shape index (κ1) is 17.0. The van der Waals surface area contributed by atoms with Gasteiger partial charge >= 0.3 is 0 Å². The molecule has 0 bridgehead atoms. The Kier molecular flexibility index (Phi) is 4.61. The number of benzene rings is 2. The highest BCUT2D eigenvalue weighted by molar-refractivity contribution is 7.98. The summed E-state index contributed by atoms with van der Waals surface area (Å²) in [5.41, 5.74) is 3.25. The van der Waals surface area contributed by atoms with Gasteiger partial charge in [-0.15, -0.1) is 10.2 Å². The van der Waals surface area contributed by atoms with E-state index < -0.39 is 0 Å². The van der Waals surface area contributed by atoms with Crippen molar-refractivity contribution < 1.29 is 4.39 Å². The maximum absolute atomic E-state index is 13.9. The van der Waals surface area contributed by atoms with Crippen LogP contribution in [0.25, 0.3) is 17.0 Å². The SMILES string of the molecule is Cc1ccc(-c2nnc3ccc(SCc4c(F)cccc4Cl)nn23)cc1. The van der Waals surface area contributed by atoms with E-state index in [4.69, 9.17) is 11.6 Å². The van der Waals surface area contributed by atoms with E-state index in [0.29, 0.717) is 27.8 Å². The molecule has 0 saturated carbocycles. The molecule has 2 aromatic carbocycles. The minimum Gasteiger partial charge on any atom is -0.207 e. The maximum atomic E-state index is 13.9. The Labute approximate surface area is 159 Å². The highest BCUT2D eigenvalue weighted by Gasteiger charge is 2.12. The van der Waals surface area contributed by atoms with E-state index in [2.05, 4.69) is 15.3 Å². The Morgan fingerprint density at radius 3 is 2.62 bits per heavy atom. The maximum Gasteiger partial charge on any atom is 0.185 e. The zero-order valence-electron chi connectivity index (χ0n) is 13.9. The van der Waals surface area contributed by atoms with Gasteiger partial charge in [0.2, 0.25) is 0 Å². The molecule has 0 saturated heterocycles. The summed E-state index contributed by atoms with van der Waals surface area (Å²) in [6.45, 7) is 2.03. The van der Waals surface area contributed by atoms with Crippen molar-refractivity contribution >= 4 is 29.0 Å². The van der Waals surface area contributed by atoms with Crippen LogP contribution in [0.4, 0.5) is 4.39 Å². The van der Waals surface area contributed by atoms with E-state index >= 15 is 0 Å². The van der Waals surface area contributed by atoms with Gasteiger partial charge in [-0.1, -0.05) is 59.3 Å². The third kappa shape index (κ3) is 3.30. The summed E-state index contributed by atoms with van der Waals surface area (Å²) in [5, 5.41) is 14.2. The molecule has 4 nitrogen and oxygen atoms in total. The number of hydrogen-bond acceptors (Lipinski definition) is 4. The molecule has 0 aliphatic carbocycles. The second-order valence-electron chi connectivity index (χ2n) is 5.82. The van der Waals surface area contributed by atoms with E-state index in [1.807, 2.05) is 43.3 Å². The Hall–Kier alpha value is -2.44. The highest BCUT2D eigenvalue weighted by Crippen LogP contribution is 2.28. The van der Waals surface area contributed by atoms with Crippen LogP contribution in [0.5, 0.6) is 0 Å². The van der Waals surface area contributed by atoms with Gasteiger partial charge in [0.15, 0.2) is 11.5 Å². The molecular formula is C19H14ClFN4S. The van der Waals surface area contributed by atoms with Gasteiger partial charge in [-0.3, -0.25) is 0 Å². The first-order chi connectivity index (χ1) is 12.6. The third-order valence-corrected chi connectivity index (χ3v) is 5.27. The number of halogens is 2. The summed E-state index contributed by atoms with van der Waals surface area (Å²) in [6.07, 6.45) is 0. The molecule has 0 aliphatic rings. The van der Waals surface area contributed by atoms with Crippen LogP contribution in [0.2, 0.25) is 5.02 Å². The van der Waals surface area contributed by atoms with Crippen molar-refractivity contribution in [1.29, 1.82) is 0 Å². The zero-order chi connectivity index (χ0) is 18.1. The minimum atomic E-state index is -0.310. The molecular weight excluding hydrogens is 371 g/mol. The van der Waals surface area contributed by atoms with Crippen LogP contribution in [0.3, 0.4) is 0 Å². The standard InChI is InChI=1S/C19H14ClFN4S/c1-12-5-7-13(8-6-12)19-23-22-17-9-10-18(24-25(17)19)26-11-14-15(20)3-2-4-16(14)21/h2-10H,11H2,1H3. The van der Waals surface area contributed by atoms with Crippen LogP contribution in [0, 0.1) is 12.7 Å². The van der Waals surface area contributed by atoms with Crippen LogP contribution in [0.15, 0.2) is 59.6 Å². The molecule has 4 rings (SSSR count). The molecule has 4 aromatic rings. The molecule has 130 valence electrons. The average molecular weight is 385 g/mol. The summed E-state index contributed by atoms with van der Waals surface area (Å²) < 4.78 is 15.6. The average Bonchev–Trinajstić information content (AvgIpc) is 3.05. The summed E-state index contributed by atoms with van der Waals surface area (Å²) in [7, 11) is 0. The second-order valence-corrected chi connectivity index (χ2v) is 7.22. The number of fused-ring (bicyclic) bond motifs is 1. The van der Waals surface area contributed by atoms with E-state index in [0.717, 1.165) is 10.6 Å². The first-order valence-corrected chi connectivity index (χ1v) is 9.33. The van der Waals surface area contributed by atoms with E-state index in [9.17, 15) is 4.39 Å². The van der Waals surface area contributed by atoms with E-state index in [1.165, 1.54) is 23.4 Å². The molecule has 0 amide bonds. The smallest absolute Gasteiger partial charge is 0.185 e. The quantitative estimate of drug-likeness (QED) is 0.454. The van der Waals surface area contributed by atoms with Crippen molar-refractivity contribution in [1.82, 2.24) is 19.8 Å². The van der Waals surface area contributed by atoms with E-state index in [1.54, 1.807) is 16.6 Å². The van der Waals surface area contributed by atoms with Gasteiger partial charge in [0.05, 0.1) is 0 Å². The van der Waals surface area contributed by atoms with Gasteiger partial charge in [-0.2, -0.15) is 9.61 Å². The van der Waals surface area contributed by atoms with Crippen molar-refractivity contribution in [2.24, 2.45) is 0 Å². The molecule has 0 atom stereocenters. The van der Waals surface area contributed by atoms with Crippen LogP contribution >= 0.6 is 23.4 Å². The number of rotatable bonds is 4. The second kappa shape index (κ2) is 7.05. The number of aromatic nitrogens is 4. The van der Waals surface area contributed by atoms with Crippen LogP contribution in [0.1, 0.15) is 11.1 Å². The van der Waals surface area contributed by atoms with Crippen LogP contribution in [-0.2, 0) is 5.75 Å². The number of nitrogens with zero attached hydrogens (tertiary/aromatic N) is 4. The molecule has 26 heavy (non-hydrogen) atoms. The van der Waals surface area contributed by atoms with Gasteiger partial charge in [0, 0.05) is 21.9 Å².